The van der Waals surface area contributed by atoms with Gasteiger partial charge in [0.25, 0.3) is 0 Å². The standard InChI is InChI=1S/C13H12BrCl2NS/c1-7-8(4-3-5-9(7)15)12(17-2)11-6-10(16)13(14)18-11/h3-6,12,17H,1-2H3. The zero-order valence-electron chi connectivity index (χ0n) is 9.93. The van der Waals surface area contributed by atoms with Gasteiger partial charge >= 0.3 is 0 Å². The second-order valence-electron chi connectivity index (χ2n) is 3.95. The summed E-state index contributed by atoms with van der Waals surface area (Å²) in [6.45, 7) is 2.03. The van der Waals surface area contributed by atoms with Gasteiger partial charge in [0.1, 0.15) is 0 Å². The summed E-state index contributed by atoms with van der Waals surface area (Å²) in [4.78, 5) is 1.17. The molecule has 0 saturated carbocycles. The number of hydrogen-bond acceptors (Lipinski definition) is 2. The molecule has 0 aliphatic rings. The maximum atomic E-state index is 6.18. The van der Waals surface area contributed by atoms with E-state index in [-0.39, 0.29) is 6.04 Å². The number of nitrogens with one attached hydrogen (secondary N) is 1. The number of hydrogen-bond donors (Lipinski definition) is 1. The lowest BCUT2D eigenvalue weighted by molar-refractivity contribution is 0.699. The molecule has 0 aliphatic heterocycles. The van der Waals surface area contributed by atoms with E-state index < -0.39 is 0 Å². The Morgan fingerprint density at radius 2 is 2.00 bits per heavy atom. The molecule has 96 valence electrons. The lowest BCUT2D eigenvalue weighted by Gasteiger charge is -2.18. The Labute approximate surface area is 129 Å². The summed E-state index contributed by atoms with van der Waals surface area (Å²) in [5.74, 6) is 0. The monoisotopic (exact) mass is 363 g/mol. The molecule has 1 heterocycles. The van der Waals surface area contributed by atoms with Crippen molar-refractivity contribution in [2.45, 2.75) is 13.0 Å². The van der Waals surface area contributed by atoms with Crippen molar-refractivity contribution in [1.82, 2.24) is 5.32 Å². The average Bonchev–Trinajstić information content (AvgIpc) is 2.66. The summed E-state index contributed by atoms with van der Waals surface area (Å²) in [7, 11) is 1.94. The van der Waals surface area contributed by atoms with Crippen LogP contribution in [0.25, 0.3) is 0 Å². The Morgan fingerprint density at radius 1 is 1.28 bits per heavy atom. The van der Waals surface area contributed by atoms with Crippen LogP contribution in [0.5, 0.6) is 0 Å². The molecule has 2 rings (SSSR count). The first-order valence-electron chi connectivity index (χ1n) is 5.41. The summed E-state index contributed by atoms with van der Waals surface area (Å²) in [6, 6.07) is 8.06. The molecule has 0 radical (unpaired) electrons. The van der Waals surface area contributed by atoms with Crippen LogP contribution < -0.4 is 5.32 Å². The Balaban J connectivity index is 2.48. The molecule has 0 bridgehead atoms. The zero-order valence-corrected chi connectivity index (χ0v) is 13.8. The van der Waals surface area contributed by atoms with Crippen LogP contribution in [0.2, 0.25) is 10.0 Å². The Bertz CT molecular complexity index is 549. The molecule has 1 N–H and O–H groups in total. The molecule has 1 aromatic carbocycles. The molecule has 0 fully saturated rings. The van der Waals surface area contributed by atoms with Crippen molar-refractivity contribution in [2.75, 3.05) is 7.05 Å². The summed E-state index contributed by atoms with van der Waals surface area (Å²) in [5.41, 5.74) is 2.27. The Morgan fingerprint density at radius 3 is 2.56 bits per heavy atom. The maximum absolute atomic E-state index is 6.18. The van der Waals surface area contributed by atoms with Crippen LogP contribution in [0.15, 0.2) is 28.1 Å². The van der Waals surface area contributed by atoms with Crippen LogP contribution in [-0.2, 0) is 0 Å². The fourth-order valence-electron chi connectivity index (χ4n) is 1.89. The molecule has 5 heteroatoms. The highest BCUT2D eigenvalue weighted by Crippen LogP contribution is 2.38. The highest BCUT2D eigenvalue weighted by Gasteiger charge is 2.18. The molecule has 0 saturated heterocycles. The van der Waals surface area contributed by atoms with E-state index in [4.69, 9.17) is 23.2 Å². The molecule has 1 nitrogen and oxygen atoms in total. The molecular formula is C13H12BrCl2NS. The van der Waals surface area contributed by atoms with Gasteiger partial charge in [0.2, 0.25) is 0 Å². The van der Waals surface area contributed by atoms with Crippen LogP contribution in [0, 0.1) is 6.92 Å². The third-order valence-electron chi connectivity index (χ3n) is 2.86. The SMILES string of the molecule is CNC(c1cc(Cl)c(Br)s1)c1cccc(Cl)c1C. The normalized spacial score (nSPS) is 12.7. The van der Waals surface area contributed by atoms with Crippen LogP contribution in [0.4, 0.5) is 0 Å². The number of rotatable bonds is 3. The van der Waals surface area contributed by atoms with Gasteiger partial charge in [0.05, 0.1) is 14.9 Å². The third kappa shape index (κ3) is 2.75. The lowest BCUT2D eigenvalue weighted by atomic mass is 10.0. The molecule has 0 aliphatic carbocycles. The van der Waals surface area contributed by atoms with Crippen molar-refractivity contribution in [3.05, 3.63) is 54.1 Å². The van der Waals surface area contributed by atoms with Gasteiger partial charge in [-0.1, -0.05) is 35.3 Å². The van der Waals surface area contributed by atoms with E-state index in [0.717, 1.165) is 19.4 Å². The van der Waals surface area contributed by atoms with E-state index in [1.165, 1.54) is 10.4 Å². The predicted molar refractivity (Wildman–Crippen MR) is 84.1 cm³/mol. The molecule has 2 aromatic rings. The van der Waals surface area contributed by atoms with Crippen molar-refractivity contribution < 1.29 is 0 Å². The maximum Gasteiger partial charge on any atom is 0.0888 e. The average molecular weight is 365 g/mol. The Kier molecular flexibility index (Phi) is 4.73. The van der Waals surface area contributed by atoms with E-state index in [0.29, 0.717) is 0 Å². The summed E-state index contributed by atoms with van der Waals surface area (Å²) >= 11 is 17.4. The zero-order chi connectivity index (χ0) is 13.3. The number of thiophene rings is 1. The first-order valence-corrected chi connectivity index (χ1v) is 7.78. The van der Waals surface area contributed by atoms with E-state index in [1.54, 1.807) is 11.3 Å². The molecular weight excluding hydrogens is 353 g/mol. The van der Waals surface area contributed by atoms with E-state index in [2.05, 4.69) is 27.3 Å². The quantitative estimate of drug-likeness (QED) is 0.765. The highest BCUT2D eigenvalue weighted by atomic mass is 79.9. The third-order valence-corrected chi connectivity index (χ3v) is 5.81. The van der Waals surface area contributed by atoms with Crippen molar-refractivity contribution in [3.8, 4) is 0 Å². The minimum Gasteiger partial charge on any atom is -0.309 e. The van der Waals surface area contributed by atoms with Crippen LogP contribution in [-0.4, -0.2) is 7.05 Å². The molecule has 18 heavy (non-hydrogen) atoms. The van der Waals surface area contributed by atoms with E-state index >= 15 is 0 Å². The summed E-state index contributed by atoms with van der Waals surface area (Å²) in [5, 5.41) is 4.85. The van der Waals surface area contributed by atoms with Crippen molar-refractivity contribution in [1.29, 1.82) is 0 Å². The highest BCUT2D eigenvalue weighted by molar-refractivity contribution is 9.11. The largest absolute Gasteiger partial charge is 0.309 e. The van der Waals surface area contributed by atoms with Gasteiger partial charge in [0.15, 0.2) is 0 Å². The van der Waals surface area contributed by atoms with Gasteiger partial charge < -0.3 is 5.32 Å². The van der Waals surface area contributed by atoms with Crippen LogP contribution in [0.3, 0.4) is 0 Å². The number of benzene rings is 1. The number of halogens is 3. The van der Waals surface area contributed by atoms with Gasteiger partial charge in [-0.2, -0.15) is 0 Å². The summed E-state index contributed by atoms with van der Waals surface area (Å²) < 4.78 is 0.957. The van der Waals surface area contributed by atoms with Crippen molar-refractivity contribution in [3.63, 3.8) is 0 Å². The van der Waals surface area contributed by atoms with Crippen molar-refractivity contribution >= 4 is 50.5 Å². The fraction of sp³-hybridized carbons (Fsp3) is 0.231. The molecule has 0 spiro atoms. The van der Waals surface area contributed by atoms with Gasteiger partial charge in [-0.05, 0) is 53.2 Å². The van der Waals surface area contributed by atoms with Crippen LogP contribution >= 0.6 is 50.5 Å². The van der Waals surface area contributed by atoms with Gasteiger partial charge in [-0.25, -0.2) is 0 Å². The second kappa shape index (κ2) is 5.93. The Hall–Kier alpha value is -0.0600. The van der Waals surface area contributed by atoms with E-state index in [9.17, 15) is 0 Å². The minimum atomic E-state index is 0.109. The molecule has 1 atom stereocenters. The smallest absolute Gasteiger partial charge is 0.0888 e. The lowest BCUT2D eigenvalue weighted by Crippen LogP contribution is -2.17. The topological polar surface area (TPSA) is 12.0 Å². The van der Waals surface area contributed by atoms with Gasteiger partial charge in [-0.15, -0.1) is 11.3 Å². The minimum absolute atomic E-state index is 0.109. The second-order valence-corrected chi connectivity index (χ2v) is 7.16. The van der Waals surface area contributed by atoms with Gasteiger partial charge in [0, 0.05) is 9.90 Å². The predicted octanol–water partition coefficient (Wildman–Crippen LogP) is 5.43. The van der Waals surface area contributed by atoms with Gasteiger partial charge in [-0.3, -0.25) is 0 Å². The molecule has 0 amide bonds. The summed E-state index contributed by atoms with van der Waals surface area (Å²) in [6.07, 6.45) is 0. The first-order chi connectivity index (χ1) is 8.54. The van der Waals surface area contributed by atoms with Crippen LogP contribution in [0.1, 0.15) is 22.0 Å². The van der Waals surface area contributed by atoms with E-state index in [1.807, 2.05) is 32.2 Å². The molecule has 1 aromatic heterocycles. The van der Waals surface area contributed by atoms with Crippen molar-refractivity contribution in [2.24, 2.45) is 0 Å². The first kappa shape index (κ1) is 14.4. The molecule has 1 unspecified atom stereocenters. The fourth-order valence-corrected chi connectivity index (χ4v) is 3.95.